The van der Waals surface area contributed by atoms with Crippen LogP contribution >= 0.6 is 0 Å². The fraction of sp³-hybridized carbons (Fsp3) is 0.143. The van der Waals surface area contributed by atoms with Gasteiger partial charge in [-0.25, -0.2) is 0 Å². The third-order valence-electron chi connectivity index (χ3n) is 6.26. The van der Waals surface area contributed by atoms with E-state index in [-0.39, 0.29) is 0 Å². The molecule has 0 radical (unpaired) electrons. The van der Waals surface area contributed by atoms with E-state index in [9.17, 15) is 0 Å². The van der Waals surface area contributed by atoms with Gasteiger partial charge in [0.15, 0.2) is 0 Å². The Labute approximate surface area is 179 Å². The van der Waals surface area contributed by atoms with Crippen LogP contribution in [-0.2, 0) is 11.1 Å². The Morgan fingerprint density at radius 2 is 0.667 bits per heavy atom. The smallest absolute Gasteiger partial charge is 0.0603 e. The van der Waals surface area contributed by atoms with Gasteiger partial charge in [0.05, 0.1) is 11.1 Å². The molecule has 0 aliphatic carbocycles. The van der Waals surface area contributed by atoms with Gasteiger partial charge in [-0.1, -0.05) is 109 Å². The summed E-state index contributed by atoms with van der Waals surface area (Å²) in [5, 5.41) is 0. The molecule has 0 aliphatic heterocycles. The molecule has 0 bridgehead atoms. The average molecular weight is 393 g/mol. The van der Waals surface area contributed by atoms with Crippen LogP contribution in [0, 0.1) is 0 Å². The van der Waals surface area contributed by atoms with Crippen molar-refractivity contribution in [3.05, 3.63) is 120 Å². The summed E-state index contributed by atoms with van der Waals surface area (Å²) < 4.78 is 0. The Hall–Kier alpha value is -3.20. The monoisotopic (exact) mass is 392 g/mol. The first-order chi connectivity index (χ1) is 14.4. The molecule has 2 nitrogen and oxygen atoms in total. The summed E-state index contributed by atoms with van der Waals surface area (Å²) in [6, 6.07) is 37.5. The van der Waals surface area contributed by atoms with Gasteiger partial charge in [-0.3, -0.25) is 0 Å². The molecule has 4 aromatic carbocycles. The highest BCUT2D eigenvalue weighted by molar-refractivity contribution is 5.65. The summed E-state index contributed by atoms with van der Waals surface area (Å²) in [6.07, 6.45) is 0. The van der Waals surface area contributed by atoms with Crippen molar-refractivity contribution in [3.63, 3.8) is 0 Å². The fourth-order valence-corrected chi connectivity index (χ4v) is 3.88. The molecule has 2 heteroatoms. The molecule has 0 saturated heterocycles. The summed E-state index contributed by atoms with van der Waals surface area (Å²) >= 11 is 0. The van der Waals surface area contributed by atoms with Crippen LogP contribution in [0.3, 0.4) is 0 Å². The largest absolute Gasteiger partial charge is 0.320 e. The second-order valence-electron chi connectivity index (χ2n) is 8.29. The highest BCUT2D eigenvalue weighted by Gasteiger charge is 2.41. The van der Waals surface area contributed by atoms with Crippen LogP contribution in [-0.4, -0.2) is 0 Å². The summed E-state index contributed by atoms with van der Waals surface area (Å²) in [6.45, 7) is 4.02. The number of nitrogens with two attached hydrogens (primary N) is 2. The van der Waals surface area contributed by atoms with E-state index >= 15 is 0 Å². The van der Waals surface area contributed by atoms with Crippen molar-refractivity contribution in [2.45, 2.75) is 24.9 Å². The highest BCUT2D eigenvalue weighted by Crippen LogP contribution is 2.37. The van der Waals surface area contributed by atoms with E-state index in [4.69, 9.17) is 11.5 Å². The van der Waals surface area contributed by atoms with Gasteiger partial charge in [-0.2, -0.15) is 0 Å². The molecule has 2 unspecified atom stereocenters. The van der Waals surface area contributed by atoms with Crippen LogP contribution in [0.25, 0.3) is 22.3 Å². The maximum atomic E-state index is 6.86. The first kappa shape index (κ1) is 20.1. The van der Waals surface area contributed by atoms with E-state index < -0.39 is 11.1 Å². The van der Waals surface area contributed by atoms with E-state index in [1.54, 1.807) is 0 Å². The van der Waals surface area contributed by atoms with Crippen molar-refractivity contribution in [3.8, 4) is 22.3 Å². The molecular weight excluding hydrogens is 364 g/mol. The minimum Gasteiger partial charge on any atom is -0.320 e. The fourth-order valence-electron chi connectivity index (χ4n) is 3.88. The zero-order chi connectivity index (χ0) is 21.2. The van der Waals surface area contributed by atoms with Crippen LogP contribution in [0.1, 0.15) is 25.0 Å². The Bertz CT molecular complexity index is 1000. The van der Waals surface area contributed by atoms with Crippen LogP contribution in [0.4, 0.5) is 0 Å². The summed E-state index contributed by atoms with van der Waals surface area (Å²) in [4.78, 5) is 0. The SMILES string of the molecule is CC(N)(c1ccc(-c2ccccc2)cc1)C(C)(N)c1ccc(-c2ccccc2)cc1. The van der Waals surface area contributed by atoms with Crippen LogP contribution in [0.2, 0.25) is 0 Å². The van der Waals surface area contributed by atoms with Crippen molar-refractivity contribution in [2.24, 2.45) is 11.5 Å². The maximum Gasteiger partial charge on any atom is 0.0603 e. The number of hydrogen-bond donors (Lipinski definition) is 2. The minimum absolute atomic E-state index is 0.740. The van der Waals surface area contributed by atoms with E-state index in [1.165, 1.54) is 22.3 Å². The third kappa shape index (κ3) is 3.68. The molecule has 0 amide bonds. The van der Waals surface area contributed by atoms with Gasteiger partial charge >= 0.3 is 0 Å². The number of hydrogen-bond acceptors (Lipinski definition) is 2. The van der Waals surface area contributed by atoms with E-state index in [1.807, 2.05) is 50.2 Å². The van der Waals surface area contributed by atoms with E-state index in [0.717, 1.165) is 11.1 Å². The lowest BCUT2D eigenvalue weighted by Crippen LogP contribution is -2.57. The third-order valence-corrected chi connectivity index (χ3v) is 6.26. The molecule has 0 saturated carbocycles. The number of benzene rings is 4. The molecule has 150 valence electrons. The van der Waals surface area contributed by atoms with Crippen molar-refractivity contribution in [1.29, 1.82) is 0 Å². The molecule has 2 atom stereocenters. The number of rotatable bonds is 5. The van der Waals surface area contributed by atoms with Gasteiger partial charge in [0.1, 0.15) is 0 Å². The first-order valence-corrected chi connectivity index (χ1v) is 10.3. The molecule has 4 N–H and O–H groups in total. The second kappa shape index (κ2) is 7.91. The minimum atomic E-state index is -0.740. The molecule has 4 rings (SSSR count). The predicted molar refractivity (Wildman–Crippen MR) is 127 cm³/mol. The Morgan fingerprint density at radius 3 is 0.967 bits per heavy atom. The summed E-state index contributed by atoms with van der Waals surface area (Å²) in [5.74, 6) is 0. The lowest BCUT2D eigenvalue weighted by molar-refractivity contribution is 0.268. The van der Waals surface area contributed by atoms with Gasteiger partial charge in [-0.15, -0.1) is 0 Å². The van der Waals surface area contributed by atoms with Crippen molar-refractivity contribution in [2.75, 3.05) is 0 Å². The molecule has 30 heavy (non-hydrogen) atoms. The molecule has 0 fully saturated rings. The molecule has 0 aromatic heterocycles. The standard InChI is InChI=1S/C28H28N2/c1-27(29,25-17-13-23(14-18-25)21-9-5-3-6-10-21)28(2,30)26-19-15-24(16-20-26)22-11-7-4-8-12-22/h3-20H,29-30H2,1-2H3. The summed E-state index contributed by atoms with van der Waals surface area (Å²) in [7, 11) is 0. The molecule has 0 heterocycles. The quantitative estimate of drug-likeness (QED) is 0.433. The van der Waals surface area contributed by atoms with E-state index in [0.29, 0.717) is 0 Å². The Balaban J connectivity index is 1.62. The molecule has 0 spiro atoms. The van der Waals surface area contributed by atoms with Crippen LogP contribution in [0.15, 0.2) is 109 Å². The predicted octanol–water partition coefficient (Wildman–Crippen LogP) is 6.07. The Morgan fingerprint density at radius 1 is 0.400 bits per heavy atom. The molecular formula is C28H28N2. The zero-order valence-corrected chi connectivity index (χ0v) is 17.5. The lowest BCUT2D eigenvalue weighted by Gasteiger charge is -2.42. The molecule has 0 aliphatic rings. The lowest BCUT2D eigenvalue weighted by atomic mass is 9.71. The zero-order valence-electron chi connectivity index (χ0n) is 17.5. The van der Waals surface area contributed by atoms with E-state index in [2.05, 4.69) is 72.8 Å². The van der Waals surface area contributed by atoms with Crippen molar-refractivity contribution in [1.82, 2.24) is 0 Å². The van der Waals surface area contributed by atoms with Gasteiger partial charge in [0.2, 0.25) is 0 Å². The average Bonchev–Trinajstić information content (AvgIpc) is 2.80. The van der Waals surface area contributed by atoms with Crippen molar-refractivity contribution < 1.29 is 0 Å². The van der Waals surface area contributed by atoms with Crippen LogP contribution in [0.5, 0.6) is 0 Å². The van der Waals surface area contributed by atoms with Gasteiger partial charge in [0.25, 0.3) is 0 Å². The molecule has 4 aromatic rings. The Kier molecular flexibility index (Phi) is 5.29. The van der Waals surface area contributed by atoms with Gasteiger partial charge < -0.3 is 11.5 Å². The van der Waals surface area contributed by atoms with Gasteiger partial charge in [0, 0.05) is 0 Å². The second-order valence-corrected chi connectivity index (χ2v) is 8.29. The maximum absolute atomic E-state index is 6.86. The van der Waals surface area contributed by atoms with Gasteiger partial charge in [-0.05, 0) is 47.2 Å². The van der Waals surface area contributed by atoms with Crippen molar-refractivity contribution >= 4 is 0 Å². The normalized spacial score (nSPS) is 15.2. The topological polar surface area (TPSA) is 52.0 Å². The summed E-state index contributed by atoms with van der Waals surface area (Å²) in [5.41, 5.74) is 19.0. The van der Waals surface area contributed by atoms with Crippen LogP contribution < -0.4 is 11.5 Å². The highest BCUT2D eigenvalue weighted by atomic mass is 14.9. The first-order valence-electron chi connectivity index (χ1n) is 10.3.